The summed E-state index contributed by atoms with van der Waals surface area (Å²) in [5.74, 6) is 2.69. The van der Waals surface area contributed by atoms with Gasteiger partial charge in [0, 0.05) is 33.8 Å². The Morgan fingerprint density at radius 3 is 2.33 bits per heavy atom. The minimum absolute atomic E-state index is 0.341. The first-order valence-electron chi connectivity index (χ1n) is 15.4. The van der Waals surface area contributed by atoms with E-state index in [1.54, 1.807) is 0 Å². The van der Waals surface area contributed by atoms with E-state index in [2.05, 4.69) is 111 Å². The predicted molar refractivity (Wildman–Crippen MR) is 189 cm³/mol. The zero-order valence-electron chi connectivity index (χ0n) is 26.3. The van der Waals surface area contributed by atoms with E-state index < -0.39 is 0 Å². The van der Waals surface area contributed by atoms with Crippen LogP contribution in [0, 0.1) is 12.8 Å². The Bertz CT molecular complexity index is 2440. The molecule has 5 nitrogen and oxygen atoms in total. The van der Waals surface area contributed by atoms with Gasteiger partial charge in [-0.3, -0.25) is 8.97 Å². The summed E-state index contributed by atoms with van der Waals surface area (Å²) in [6.07, 6.45) is 6.64. The lowest BCUT2D eigenvalue weighted by molar-refractivity contribution is 0.484. The molecule has 0 radical (unpaired) electrons. The van der Waals surface area contributed by atoms with E-state index in [9.17, 15) is 0 Å². The van der Waals surface area contributed by atoms with Crippen LogP contribution in [0.2, 0.25) is 0 Å². The van der Waals surface area contributed by atoms with Gasteiger partial charge in [-0.25, -0.2) is 9.97 Å². The molecule has 45 heavy (non-hydrogen) atoms. The quantitative estimate of drug-likeness (QED) is 0.175. The highest BCUT2D eigenvalue weighted by molar-refractivity contribution is 6.09. The number of nitrogens with zero attached hydrogens (tertiary/aromatic N) is 4. The fourth-order valence-corrected chi connectivity index (χ4v) is 6.63. The first kappa shape index (κ1) is 28.4. The third kappa shape index (κ3) is 4.54. The number of hydrogen-bond acceptors (Lipinski definition) is 3. The standard InChI is InChI=1S/C40H36N4O/c1-8-30(24(3)4)31(9-2)38-23-42-40-35-21-28(14-16-32(35)26(6)27(7)43(38)40)45-29-15-17-34-33-12-10-11-13-36(33)44(37(34)22-29)39-20-25(5)18-19-41-39/h8,10-24H,1,6-7,9H2,2-5H3. The number of aromatic nitrogens is 4. The Balaban J connectivity index is 1.38. The fourth-order valence-electron chi connectivity index (χ4n) is 6.63. The van der Waals surface area contributed by atoms with Crippen LogP contribution < -0.4 is 15.3 Å². The van der Waals surface area contributed by atoms with Crippen LogP contribution in [0.5, 0.6) is 11.5 Å². The van der Waals surface area contributed by atoms with Crippen molar-refractivity contribution in [2.45, 2.75) is 34.1 Å². The zero-order valence-corrected chi connectivity index (χ0v) is 26.3. The lowest BCUT2D eigenvalue weighted by atomic mass is 9.94. The van der Waals surface area contributed by atoms with Gasteiger partial charge in [-0.2, -0.15) is 0 Å². The van der Waals surface area contributed by atoms with Gasteiger partial charge in [-0.15, -0.1) is 0 Å². The lowest BCUT2D eigenvalue weighted by Crippen LogP contribution is -2.30. The summed E-state index contributed by atoms with van der Waals surface area (Å²) in [5.41, 5.74) is 7.60. The number of allylic oxidation sites excluding steroid dienone is 3. The molecule has 3 aromatic carbocycles. The number of pyridine rings is 2. The maximum Gasteiger partial charge on any atom is 0.145 e. The molecular weight excluding hydrogens is 552 g/mol. The van der Waals surface area contributed by atoms with Crippen molar-refractivity contribution in [2.75, 3.05) is 0 Å². The van der Waals surface area contributed by atoms with Crippen LogP contribution in [-0.4, -0.2) is 18.9 Å². The Hall–Kier alpha value is -5.42. The van der Waals surface area contributed by atoms with Crippen LogP contribution in [0.4, 0.5) is 0 Å². The number of imidazole rings is 1. The van der Waals surface area contributed by atoms with Crippen LogP contribution in [-0.2, 0) is 0 Å². The normalized spacial score (nSPS) is 12.5. The van der Waals surface area contributed by atoms with Gasteiger partial charge in [0.2, 0.25) is 0 Å². The molecule has 0 aliphatic heterocycles. The van der Waals surface area contributed by atoms with E-state index in [1.165, 1.54) is 16.5 Å². The first-order chi connectivity index (χ1) is 21.8. The summed E-state index contributed by atoms with van der Waals surface area (Å²) in [5, 5.41) is 6.01. The largest absolute Gasteiger partial charge is 0.457 e. The molecule has 5 heteroatoms. The van der Waals surface area contributed by atoms with Gasteiger partial charge >= 0.3 is 0 Å². The highest BCUT2D eigenvalue weighted by Crippen LogP contribution is 2.36. The Morgan fingerprint density at radius 2 is 1.60 bits per heavy atom. The molecule has 0 amide bonds. The van der Waals surface area contributed by atoms with Crippen molar-refractivity contribution in [3.63, 3.8) is 0 Å². The molecule has 0 N–H and O–H groups in total. The van der Waals surface area contributed by atoms with Gasteiger partial charge in [-0.1, -0.05) is 64.8 Å². The molecule has 7 rings (SSSR count). The molecule has 0 fully saturated rings. The number of hydrogen-bond donors (Lipinski definition) is 0. The molecule has 4 aromatic heterocycles. The maximum atomic E-state index is 6.56. The van der Waals surface area contributed by atoms with Gasteiger partial charge < -0.3 is 4.74 Å². The second-order valence-corrected chi connectivity index (χ2v) is 11.9. The van der Waals surface area contributed by atoms with E-state index in [4.69, 9.17) is 14.7 Å². The molecule has 7 aromatic rings. The number of para-hydroxylation sites is 1. The monoisotopic (exact) mass is 588 g/mol. The number of ether oxygens (including phenoxy) is 1. The average Bonchev–Trinajstić information content (AvgIpc) is 3.62. The van der Waals surface area contributed by atoms with E-state index in [0.29, 0.717) is 5.92 Å². The van der Waals surface area contributed by atoms with Crippen LogP contribution in [0.3, 0.4) is 0 Å². The van der Waals surface area contributed by atoms with Crippen molar-refractivity contribution < 1.29 is 4.74 Å². The second kappa shape index (κ2) is 10.9. The molecule has 0 unspecified atom stereocenters. The first-order valence-corrected chi connectivity index (χ1v) is 15.4. The number of aryl methyl sites for hydroxylation is 1. The van der Waals surface area contributed by atoms with Crippen molar-refractivity contribution >= 4 is 57.0 Å². The zero-order chi connectivity index (χ0) is 31.4. The fraction of sp³-hybridized carbons (Fsp3) is 0.150. The second-order valence-electron chi connectivity index (χ2n) is 11.9. The summed E-state index contributed by atoms with van der Waals surface area (Å²) in [6, 6.07) is 24.9. The average molecular weight is 589 g/mol. The molecule has 0 spiro atoms. The molecule has 0 saturated carbocycles. The molecule has 0 saturated heterocycles. The van der Waals surface area contributed by atoms with Crippen molar-refractivity contribution in [1.29, 1.82) is 0 Å². The van der Waals surface area contributed by atoms with Gasteiger partial charge in [0.1, 0.15) is 23.0 Å². The number of rotatable bonds is 7. The Kier molecular flexibility index (Phi) is 6.89. The molecule has 222 valence electrons. The summed E-state index contributed by atoms with van der Waals surface area (Å²) in [6.45, 7) is 21.6. The van der Waals surface area contributed by atoms with Crippen LogP contribution in [0.1, 0.15) is 38.4 Å². The van der Waals surface area contributed by atoms with Gasteiger partial charge in [0.25, 0.3) is 0 Å². The van der Waals surface area contributed by atoms with Crippen molar-refractivity contribution in [1.82, 2.24) is 18.9 Å². The van der Waals surface area contributed by atoms with E-state index in [1.807, 2.05) is 36.7 Å². The van der Waals surface area contributed by atoms with Gasteiger partial charge in [0.15, 0.2) is 0 Å². The van der Waals surface area contributed by atoms with E-state index >= 15 is 0 Å². The van der Waals surface area contributed by atoms with Gasteiger partial charge in [0.05, 0.1) is 22.9 Å². The summed E-state index contributed by atoms with van der Waals surface area (Å²) in [7, 11) is 0. The van der Waals surface area contributed by atoms with Crippen LogP contribution in [0.25, 0.3) is 62.8 Å². The Labute approximate surface area is 262 Å². The van der Waals surface area contributed by atoms with Crippen LogP contribution in [0.15, 0.2) is 103 Å². The smallest absolute Gasteiger partial charge is 0.145 e. The van der Waals surface area contributed by atoms with Crippen LogP contribution >= 0.6 is 0 Å². The lowest BCUT2D eigenvalue weighted by Gasteiger charge is -2.15. The molecule has 4 heterocycles. The van der Waals surface area contributed by atoms with Crippen molar-refractivity contribution in [2.24, 2.45) is 5.92 Å². The van der Waals surface area contributed by atoms with Crippen molar-refractivity contribution in [3.05, 3.63) is 125 Å². The molecule has 0 bridgehead atoms. The molecule has 0 aliphatic rings. The Morgan fingerprint density at radius 1 is 0.867 bits per heavy atom. The third-order valence-corrected chi connectivity index (χ3v) is 8.80. The summed E-state index contributed by atoms with van der Waals surface area (Å²) >= 11 is 0. The number of benzene rings is 3. The SMILES string of the molecule is C=CC(=C(CC)c1cnc2c3cc(Oc4ccc5c6ccccc6n(-c6cc(C)ccn6)c5c4)ccc3c(=C)c(=C)n12)C(C)C. The third-order valence-electron chi connectivity index (χ3n) is 8.80. The molecule has 0 aliphatic carbocycles. The molecule has 0 atom stereocenters. The predicted octanol–water partition coefficient (Wildman–Crippen LogP) is 8.91. The minimum Gasteiger partial charge on any atom is -0.457 e. The van der Waals surface area contributed by atoms with E-state index in [-0.39, 0.29) is 0 Å². The van der Waals surface area contributed by atoms with E-state index in [0.717, 1.165) is 78.4 Å². The number of fused-ring (bicyclic) bond motifs is 6. The highest BCUT2D eigenvalue weighted by Gasteiger charge is 2.18. The highest BCUT2D eigenvalue weighted by atomic mass is 16.5. The van der Waals surface area contributed by atoms with Gasteiger partial charge in [-0.05, 0) is 95.1 Å². The molecular formula is C40H36N4O. The minimum atomic E-state index is 0.341. The topological polar surface area (TPSA) is 44.3 Å². The summed E-state index contributed by atoms with van der Waals surface area (Å²) in [4.78, 5) is 9.63. The summed E-state index contributed by atoms with van der Waals surface area (Å²) < 4.78 is 10.9. The maximum absolute atomic E-state index is 6.56. The van der Waals surface area contributed by atoms with Crippen molar-refractivity contribution in [3.8, 4) is 17.3 Å².